The fourth-order valence-electron chi connectivity index (χ4n) is 3.67. The van der Waals surface area contributed by atoms with E-state index in [4.69, 9.17) is 4.74 Å². The molecule has 8 nitrogen and oxygen atoms in total. The highest BCUT2D eigenvalue weighted by Crippen LogP contribution is 2.28. The number of fused-ring (bicyclic) bond motifs is 1. The minimum Gasteiger partial charge on any atom is -0.444 e. The monoisotopic (exact) mass is 425 g/mol. The first-order chi connectivity index (χ1) is 14.8. The van der Waals surface area contributed by atoms with Gasteiger partial charge in [-0.1, -0.05) is 18.2 Å². The normalized spacial score (nSPS) is 17.9. The van der Waals surface area contributed by atoms with Gasteiger partial charge < -0.3 is 9.64 Å². The van der Waals surface area contributed by atoms with Crippen molar-refractivity contribution < 1.29 is 28.3 Å². The van der Waals surface area contributed by atoms with E-state index in [-0.39, 0.29) is 37.1 Å². The number of imide groups is 1. The smallest absolute Gasteiger partial charge is 0.411 e. The van der Waals surface area contributed by atoms with Gasteiger partial charge in [-0.15, -0.1) is 0 Å². The van der Waals surface area contributed by atoms with Crippen molar-refractivity contribution in [1.29, 1.82) is 0 Å². The van der Waals surface area contributed by atoms with Crippen LogP contribution in [0.5, 0.6) is 0 Å². The molecule has 2 heterocycles. The van der Waals surface area contributed by atoms with Gasteiger partial charge in [0.05, 0.1) is 0 Å². The number of carbonyl (C=O) groups is 4. The van der Waals surface area contributed by atoms with E-state index in [0.717, 1.165) is 5.56 Å². The first-order valence-electron chi connectivity index (χ1n) is 9.78. The van der Waals surface area contributed by atoms with Gasteiger partial charge in [0.1, 0.15) is 18.5 Å². The van der Waals surface area contributed by atoms with Crippen LogP contribution in [0.25, 0.3) is 0 Å². The molecular formula is C22H20FN3O5. The summed E-state index contributed by atoms with van der Waals surface area (Å²) in [4.78, 5) is 49.7. The summed E-state index contributed by atoms with van der Waals surface area (Å²) in [5.74, 6) is -1.54. The zero-order chi connectivity index (χ0) is 22.1. The molecule has 1 unspecified atom stereocenters. The standard InChI is InChI=1S/C22H20FN3O5/c1-12-2-5-15(9-17(12)23)24-22(30)31-11-13-3-4-14-10-26(21(29)16(14)8-13)18-6-7-19(27)25-20(18)28/h2-5,8-9,18H,6-7,10-11H2,1H3,(H,24,30)(H,25,27,28). The summed E-state index contributed by atoms with van der Waals surface area (Å²) in [6.45, 7) is 1.81. The maximum atomic E-state index is 13.6. The van der Waals surface area contributed by atoms with E-state index >= 15 is 0 Å². The predicted molar refractivity (Wildman–Crippen MR) is 107 cm³/mol. The van der Waals surface area contributed by atoms with Gasteiger partial charge in [0, 0.05) is 24.2 Å². The molecule has 2 aliphatic heterocycles. The van der Waals surface area contributed by atoms with E-state index in [0.29, 0.717) is 23.1 Å². The molecule has 0 aliphatic carbocycles. The molecule has 0 aromatic heterocycles. The van der Waals surface area contributed by atoms with Gasteiger partial charge in [0.25, 0.3) is 5.91 Å². The number of anilines is 1. The number of ether oxygens (including phenoxy) is 1. The predicted octanol–water partition coefficient (Wildman–Crippen LogP) is 2.64. The molecule has 4 rings (SSSR count). The number of hydrogen-bond acceptors (Lipinski definition) is 5. The number of aryl methyl sites for hydroxylation is 1. The molecule has 1 saturated heterocycles. The summed E-state index contributed by atoms with van der Waals surface area (Å²) in [6, 6.07) is 8.75. The van der Waals surface area contributed by atoms with Crippen LogP contribution in [-0.4, -0.2) is 34.8 Å². The van der Waals surface area contributed by atoms with Crippen molar-refractivity contribution in [3.05, 3.63) is 64.5 Å². The number of rotatable bonds is 4. The Morgan fingerprint density at radius 1 is 1.23 bits per heavy atom. The van der Waals surface area contributed by atoms with Crippen molar-refractivity contribution in [3.63, 3.8) is 0 Å². The molecule has 2 N–H and O–H groups in total. The zero-order valence-electron chi connectivity index (χ0n) is 16.7. The fourth-order valence-corrected chi connectivity index (χ4v) is 3.67. The summed E-state index contributed by atoms with van der Waals surface area (Å²) in [5, 5.41) is 4.72. The van der Waals surface area contributed by atoms with E-state index in [1.54, 1.807) is 37.3 Å². The highest BCUT2D eigenvalue weighted by atomic mass is 19.1. The van der Waals surface area contributed by atoms with E-state index < -0.39 is 23.9 Å². The first kappa shape index (κ1) is 20.5. The topological polar surface area (TPSA) is 105 Å². The number of carbonyl (C=O) groups excluding carboxylic acids is 4. The van der Waals surface area contributed by atoms with Gasteiger partial charge in [0.2, 0.25) is 11.8 Å². The molecule has 2 aromatic carbocycles. The lowest BCUT2D eigenvalue weighted by atomic mass is 10.0. The Morgan fingerprint density at radius 2 is 2.03 bits per heavy atom. The van der Waals surface area contributed by atoms with Crippen molar-refractivity contribution in [2.75, 3.05) is 5.32 Å². The van der Waals surface area contributed by atoms with Crippen LogP contribution in [0.4, 0.5) is 14.9 Å². The minimum atomic E-state index is -0.750. The van der Waals surface area contributed by atoms with Crippen molar-refractivity contribution >= 4 is 29.5 Å². The Balaban J connectivity index is 1.38. The van der Waals surface area contributed by atoms with Crippen LogP contribution in [0, 0.1) is 12.7 Å². The summed E-state index contributed by atoms with van der Waals surface area (Å²) >= 11 is 0. The number of hydrogen-bond donors (Lipinski definition) is 2. The first-order valence-corrected chi connectivity index (χ1v) is 9.78. The summed E-state index contributed by atoms with van der Waals surface area (Å²) in [6.07, 6.45) is -0.268. The number of amides is 4. The third-order valence-corrected chi connectivity index (χ3v) is 5.38. The molecule has 4 amide bonds. The maximum Gasteiger partial charge on any atom is 0.411 e. The third kappa shape index (κ3) is 4.25. The highest BCUT2D eigenvalue weighted by molar-refractivity contribution is 6.05. The van der Waals surface area contributed by atoms with Gasteiger partial charge in [-0.05, 0) is 48.2 Å². The fraction of sp³-hybridized carbons (Fsp3) is 0.273. The third-order valence-electron chi connectivity index (χ3n) is 5.38. The van der Waals surface area contributed by atoms with Crippen LogP contribution in [0.15, 0.2) is 36.4 Å². The van der Waals surface area contributed by atoms with Gasteiger partial charge >= 0.3 is 6.09 Å². The molecule has 31 heavy (non-hydrogen) atoms. The molecule has 1 fully saturated rings. The lowest BCUT2D eigenvalue weighted by molar-refractivity contribution is -0.136. The summed E-state index contributed by atoms with van der Waals surface area (Å²) in [7, 11) is 0. The molecular weight excluding hydrogens is 405 g/mol. The number of benzene rings is 2. The molecule has 0 bridgehead atoms. The van der Waals surface area contributed by atoms with E-state index in [1.165, 1.54) is 11.0 Å². The Labute approximate surface area is 177 Å². The molecule has 0 saturated carbocycles. The second-order valence-electron chi connectivity index (χ2n) is 7.56. The average Bonchev–Trinajstić information content (AvgIpc) is 3.05. The lowest BCUT2D eigenvalue weighted by Crippen LogP contribution is -2.52. The van der Waals surface area contributed by atoms with Crippen LogP contribution in [0.1, 0.15) is 39.9 Å². The van der Waals surface area contributed by atoms with Crippen molar-refractivity contribution in [2.24, 2.45) is 0 Å². The molecule has 160 valence electrons. The van der Waals surface area contributed by atoms with Crippen LogP contribution in [0.2, 0.25) is 0 Å². The summed E-state index contributed by atoms with van der Waals surface area (Å²) < 4.78 is 18.8. The van der Waals surface area contributed by atoms with Crippen molar-refractivity contribution in [1.82, 2.24) is 10.2 Å². The van der Waals surface area contributed by atoms with E-state index in [1.807, 2.05) is 0 Å². The van der Waals surface area contributed by atoms with Gasteiger partial charge in [-0.2, -0.15) is 0 Å². The molecule has 1 atom stereocenters. The number of nitrogens with zero attached hydrogens (tertiary/aromatic N) is 1. The molecule has 2 aliphatic rings. The van der Waals surface area contributed by atoms with Gasteiger partial charge in [0.15, 0.2) is 0 Å². The van der Waals surface area contributed by atoms with Crippen LogP contribution < -0.4 is 10.6 Å². The molecule has 0 radical (unpaired) electrons. The second-order valence-corrected chi connectivity index (χ2v) is 7.56. The van der Waals surface area contributed by atoms with E-state index in [9.17, 15) is 23.6 Å². The molecule has 2 aromatic rings. The molecule has 0 spiro atoms. The van der Waals surface area contributed by atoms with E-state index in [2.05, 4.69) is 10.6 Å². The Bertz CT molecular complexity index is 1100. The lowest BCUT2D eigenvalue weighted by Gasteiger charge is -2.29. The molecule has 9 heteroatoms. The SMILES string of the molecule is Cc1ccc(NC(=O)OCc2ccc3c(c2)C(=O)N(C2CCC(=O)NC2=O)C3)cc1F. The van der Waals surface area contributed by atoms with Gasteiger partial charge in [-0.25, -0.2) is 9.18 Å². The summed E-state index contributed by atoms with van der Waals surface area (Å²) in [5.41, 5.74) is 2.54. The van der Waals surface area contributed by atoms with Crippen molar-refractivity contribution in [3.8, 4) is 0 Å². The van der Waals surface area contributed by atoms with Crippen molar-refractivity contribution in [2.45, 2.75) is 39.0 Å². The Kier molecular flexibility index (Phi) is 5.41. The van der Waals surface area contributed by atoms with Crippen LogP contribution in [-0.2, 0) is 27.5 Å². The number of piperidine rings is 1. The maximum absolute atomic E-state index is 13.6. The quantitative estimate of drug-likeness (QED) is 0.733. The van der Waals surface area contributed by atoms with Crippen LogP contribution in [0.3, 0.4) is 0 Å². The average molecular weight is 425 g/mol. The number of halogens is 1. The van der Waals surface area contributed by atoms with Crippen LogP contribution >= 0.6 is 0 Å². The largest absolute Gasteiger partial charge is 0.444 e. The van der Waals surface area contributed by atoms with Gasteiger partial charge in [-0.3, -0.25) is 25.0 Å². The Hall–Kier alpha value is -3.75. The second kappa shape index (κ2) is 8.17. The zero-order valence-corrected chi connectivity index (χ0v) is 16.7. The Morgan fingerprint density at radius 3 is 2.77 bits per heavy atom. The minimum absolute atomic E-state index is 0.0842. The highest BCUT2D eigenvalue weighted by Gasteiger charge is 2.39. The number of nitrogens with one attached hydrogen (secondary N) is 2.